The standard InChI is InChI=1S/C16H15NO6/c1-21-15-9-12(16(18)22-2)5-8-14(15)23-10-11-3-6-13(7-4-11)17(19)20/h3-9H,10H2,1-2H3. The fourth-order valence-corrected chi connectivity index (χ4v) is 1.91. The first kappa shape index (κ1) is 16.3. The first-order valence-corrected chi connectivity index (χ1v) is 6.67. The van der Waals surface area contributed by atoms with Gasteiger partial charge >= 0.3 is 5.97 Å². The van der Waals surface area contributed by atoms with Gasteiger partial charge in [0.25, 0.3) is 5.69 Å². The summed E-state index contributed by atoms with van der Waals surface area (Å²) < 4.78 is 15.5. The topological polar surface area (TPSA) is 87.9 Å². The van der Waals surface area contributed by atoms with E-state index in [0.717, 1.165) is 5.56 Å². The van der Waals surface area contributed by atoms with E-state index in [2.05, 4.69) is 4.74 Å². The summed E-state index contributed by atoms with van der Waals surface area (Å²) in [4.78, 5) is 21.6. The van der Waals surface area contributed by atoms with Crippen LogP contribution >= 0.6 is 0 Å². The smallest absolute Gasteiger partial charge is 0.337 e. The average molecular weight is 317 g/mol. The van der Waals surface area contributed by atoms with Crippen LogP contribution in [0, 0.1) is 10.1 Å². The Balaban J connectivity index is 2.10. The normalized spacial score (nSPS) is 10.0. The fraction of sp³-hybridized carbons (Fsp3) is 0.188. The highest BCUT2D eigenvalue weighted by Crippen LogP contribution is 2.29. The Hall–Kier alpha value is -3.09. The maximum Gasteiger partial charge on any atom is 0.337 e. The van der Waals surface area contributed by atoms with E-state index in [4.69, 9.17) is 9.47 Å². The van der Waals surface area contributed by atoms with E-state index in [1.54, 1.807) is 24.3 Å². The number of esters is 1. The molecule has 120 valence electrons. The van der Waals surface area contributed by atoms with Gasteiger partial charge in [-0.25, -0.2) is 4.79 Å². The van der Waals surface area contributed by atoms with Gasteiger partial charge in [-0.15, -0.1) is 0 Å². The van der Waals surface area contributed by atoms with Crippen LogP contribution in [0.15, 0.2) is 42.5 Å². The summed E-state index contributed by atoms with van der Waals surface area (Å²) in [7, 11) is 2.77. The zero-order valence-corrected chi connectivity index (χ0v) is 12.6. The molecule has 0 amide bonds. The molecule has 23 heavy (non-hydrogen) atoms. The van der Waals surface area contributed by atoms with Crippen LogP contribution in [-0.2, 0) is 11.3 Å². The van der Waals surface area contributed by atoms with Crippen LogP contribution in [0.2, 0.25) is 0 Å². The van der Waals surface area contributed by atoms with Gasteiger partial charge in [0.05, 0.1) is 24.7 Å². The Kier molecular flexibility index (Phi) is 5.14. The van der Waals surface area contributed by atoms with Crippen molar-refractivity contribution in [1.29, 1.82) is 0 Å². The van der Waals surface area contributed by atoms with E-state index in [1.807, 2.05) is 0 Å². The van der Waals surface area contributed by atoms with Crippen molar-refractivity contribution in [2.75, 3.05) is 14.2 Å². The van der Waals surface area contributed by atoms with Crippen LogP contribution in [0.5, 0.6) is 11.5 Å². The Morgan fingerprint density at radius 2 is 1.78 bits per heavy atom. The largest absolute Gasteiger partial charge is 0.493 e. The molecule has 0 N–H and O–H groups in total. The average Bonchev–Trinajstić information content (AvgIpc) is 2.59. The highest BCUT2D eigenvalue weighted by atomic mass is 16.6. The third-order valence-corrected chi connectivity index (χ3v) is 3.13. The molecule has 2 aromatic rings. The van der Waals surface area contributed by atoms with Crippen LogP contribution in [0.3, 0.4) is 0 Å². The van der Waals surface area contributed by atoms with Crippen molar-refractivity contribution in [3.05, 3.63) is 63.7 Å². The van der Waals surface area contributed by atoms with Gasteiger partial charge < -0.3 is 14.2 Å². The molecule has 0 heterocycles. The van der Waals surface area contributed by atoms with Crippen LogP contribution in [0.25, 0.3) is 0 Å². The zero-order chi connectivity index (χ0) is 16.8. The lowest BCUT2D eigenvalue weighted by molar-refractivity contribution is -0.384. The molecular formula is C16H15NO6. The molecule has 0 fully saturated rings. The maximum atomic E-state index is 11.5. The van der Waals surface area contributed by atoms with Crippen molar-refractivity contribution < 1.29 is 23.9 Å². The molecule has 0 spiro atoms. The van der Waals surface area contributed by atoms with Crippen molar-refractivity contribution in [3.8, 4) is 11.5 Å². The van der Waals surface area contributed by atoms with Gasteiger partial charge in [0.15, 0.2) is 11.5 Å². The van der Waals surface area contributed by atoms with E-state index in [1.165, 1.54) is 32.4 Å². The van der Waals surface area contributed by atoms with Crippen LogP contribution in [-0.4, -0.2) is 25.1 Å². The van der Waals surface area contributed by atoms with Crippen molar-refractivity contribution in [2.24, 2.45) is 0 Å². The predicted octanol–water partition coefficient (Wildman–Crippen LogP) is 2.97. The molecule has 2 rings (SSSR count). The van der Waals surface area contributed by atoms with Gasteiger partial charge in [-0.3, -0.25) is 10.1 Å². The van der Waals surface area contributed by atoms with Crippen LogP contribution < -0.4 is 9.47 Å². The molecular weight excluding hydrogens is 302 g/mol. The molecule has 0 aliphatic heterocycles. The summed E-state index contributed by atoms with van der Waals surface area (Å²) in [6.07, 6.45) is 0. The summed E-state index contributed by atoms with van der Waals surface area (Å²) in [6.45, 7) is 0.214. The highest BCUT2D eigenvalue weighted by Gasteiger charge is 2.12. The van der Waals surface area contributed by atoms with Gasteiger partial charge in [-0.1, -0.05) is 0 Å². The minimum Gasteiger partial charge on any atom is -0.493 e. The second-order valence-corrected chi connectivity index (χ2v) is 4.57. The molecule has 0 atom stereocenters. The lowest BCUT2D eigenvalue weighted by Gasteiger charge is -2.11. The third-order valence-electron chi connectivity index (χ3n) is 3.13. The number of hydrogen-bond acceptors (Lipinski definition) is 6. The second kappa shape index (κ2) is 7.26. The minimum atomic E-state index is -0.467. The van der Waals surface area contributed by atoms with E-state index in [0.29, 0.717) is 17.1 Å². The number of nitrogens with zero attached hydrogens (tertiary/aromatic N) is 1. The number of non-ortho nitro benzene ring substituents is 1. The molecule has 0 saturated carbocycles. The Labute approximate surface area is 132 Å². The first-order valence-electron chi connectivity index (χ1n) is 6.67. The summed E-state index contributed by atoms with van der Waals surface area (Å²) in [5, 5.41) is 10.6. The van der Waals surface area contributed by atoms with Crippen molar-refractivity contribution in [1.82, 2.24) is 0 Å². The monoisotopic (exact) mass is 317 g/mol. The number of ether oxygens (including phenoxy) is 3. The lowest BCUT2D eigenvalue weighted by Crippen LogP contribution is -2.03. The van der Waals surface area contributed by atoms with Gasteiger partial charge in [0.2, 0.25) is 0 Å². The van der Waals surface area contributed by atoms with E-state index in [9.17, 15) is 14.9 Å². The number of benzene rings is 2. The highest BCUT2D eigenvalue weighted by molar-refractivity contribution is 5.90. The van der Waals surface area contributed by atoms with Crippen molar-refractivity contribution in [3.63, 3.8) is 0 Å². The molecule has 0 bridgehead atoms. The Bertz CT molecular complexity index is 711. The molecule has 0 radical (unpaired) electrons. The van der Waals surface area contributed by atoms with Gasteiger partial charge in [-0.2, -0.15) is 0 Å². The zero-order valence-electron chi connectivity index (χ0n) is 12.6. The lowest BCUT2D eigenvalue weighted by atomic mass is 10.2. The number of carbonyl (C=O) groups excluding carboxylic acids is 1. The molecule has 0 aromatic heterocycles. The summed E-state index contributed by atoms with van der Waals surface area (Å²) in [5.74, 6) is 0.388. The number of carbonyl (C=O) groups is 1. The van der Waals surface area contributed by atoms with Crippen LogP contribution in [0.1, 0.15) is 15.9 Å². The molecule has 2 aromatic carbocycles. The van der Waals surface area contributed by atoms with E-state index >= 15 is 0 Å². The molecule has 7 heteroatoms. The summed E-state index contributed by atoms with van der Waals surface area (Å²) in [5.41, 5.74) is 1.15. The molecule has 0 saturated heterocycles. The first-order chi connectivity index (χ1) is 11.0. The van der Waals surface area contributed by atoms with Gasteiger partial charge in [-0.05, 0) is 35.9 Å². The number of methoxy groups -OCH3 is 2. The van der Waals surface area contributed by atoms with E-state index in [-0.39, 0.29) is 12.3 Å². The predicted molar refractivity (Wildman–Crippen MR) is 81.8 cm³/mol. The number of nitro groups is 1. The third kappa shape index (κ3) is 3.97. The maximum absolute atomic E-state index is 11.5. The number of nitro benzene ring substituents is 1. The molecule has 0 unspecified atom stereocenters. The van der Waals surface area contributed by atoms with E-state index < -0.39 is 10.9 Å². The summed E-state index contributed by atoms with van der Waals surface area (Å²) in [6, 6.07) is 10.8. The van der Waals surface area contributed by atoms with Gasteiger partial charge in [0, 0.05) is 12.1 Å². The van der Waals surface area contributed by atoms with Crippen molar-refractivity contribution >= 4 is 11.7 Å². The number of hydrogen-bond donors (Lipinski definition) is 0. The molecule has 0 aliphatic carbocycles. The SMILES string of the molecule is COC(=O)c1ccc(OCc2ccc([N+](=O)[O-])cc2)c(OC)c1. The Morgan fingerprint density at radius 3 is 2.35 bits per heavy atom. The summed E-state index contributed by atoms with van der Waals surface area (Å²) >= 11 is 0. The fourth-order valence-electron chi connectivity index (χ4n) is 1.91. The molecule has 0 aliphatic rings. The molecule has 7 nitrogen and oxygen atoms in total. The minimum absolute atomic E-state index is 0.0220. The quantitative estimate of drug-likeness (QED) is 0.462. The number of rotatable bonds is 6. The second-order valence-electron chi connectivity index (χ2n) is 4.57. The van der Waals surface area contributed by atoms with Gasteiger partial charge in [0.1, 0.15) is 6.61 Å². The Morgan fingerprint density at radius 1 is 1.09 bits per heavy atom. The van der Waals surface area contributed by atoms with Crippen LogP contribution in [0.4, 0.5) is 5.69 Å². The van der Waals surface area contributed by atoms with Crippen molar-refractivity contribution in [2.45, 2.75) is 6.61 Å².